The van der Waals surface area contributed by atoms with Gasteiger partial charge < -0.3 is 19.5 Å². The lowest BCUT2D eigenvalue weighted by molar-refractivity contribution is -0.173. The monoisotopic (exact) mass is 257 g/mol. The Balaban J connectivity index is 2.74. The van der Waals surface area contributed by atoms with Crippen LogP contribution in [0.2, 0.25) is 0 Å². The van der Waals surface area contributed by atoms with Gasteiger partial charge in [0.05, 0.1) is 19.5 Å². The molecule has 1 aliphatic heterocycles. The molecule has 6 heteroatoms. The molecule has 0 spiro atoms. The van der Waals surface area contributed by atoms with E-state index in [9.17, 15) is 9.59 Å². The molecule has 0 aromatic rings. The molecule has 0 saturated carbocycles. The van der Waals surface area contributed by atoms with Crippen molar-refractivity contribution in [3.8, 4) is 0 Å². The fraction of sp³-hybridized carbons (Fsp3) is 0.667. The van der Waals surface area contributed by atoms with Gasteiger partial charge in [-0.2, -0.15) is 0 Å². The third-order valence-electron chi connectivity index (χ3n) is 2.66. The van der Waals surface area contributed by atoms with E-state index in [0.717, 1.165) is 25.5 Å². The van der Waals surface area contributed by atoms with Gasteiger partial charge in [-0.1, -0.05) is 13.0 Å². The van der Waals surface area contributed by atoms with E-state index < -0.39 is 12.2 Å². The normalized spacial score (nSPS) is 18.1. The van der Waals surface area contributed by atoms with E-state index in [4.69, 9.17) is 9.84 Å². The molecule has 1 saturated heterocycles. The van der Waals surface area contributed by atoms with Crippen molar-refractivity contribution in [2.75, 3.05) is 19.8 Å². The first-order chi connectivity index (χ1) is 8.70. The summed E-state index contributed by atoms with van der Waals surface area (Å²) in [5.74, 6) is -0.815. The summed E-state index contributed by atoms with van der Waals surface area (Å²) in [6.07, 6.45) is 2.90. The van der Waals surface area contributed by atoms with Crippen LogP contribution >= 0.6 is 0 Å². The SMILES string of the molecule is C=COC(=O)C(OCCO)N1CCCCCC1=O. The number of carbonyl (C=O) groups excluding carboxylic acids is 2. The molecule has 102 valence electrons. The largest absolute Gasteiger partial charge is 0.432 e. The smallest absolute Gasteiger partial charge is 0.361 e. The highest BCUT2D eigenvalue weighted by molar-refractivity contribution is 5.84. The van der Waals surface area contributed by atoms with Crippen LogP contribution < -0.4 is 0 Å². The van der Waals surface area contributed by atoms with Crippen LogP contribution in [0.15, 0.2) is 12.8 Å². The second-order valence-corrected chi connectivity index (χ2v) is 3.95. The summed E-state index contributed by atoms with van der Waals surface area (Å²) in [5, 5.41) is 8.75. The van der Waals surface area contributed by atoms with Crippen LogP contribution in [0.1, 0.15) is 25.7 Å². The number of aliphatic hydroxyl groups is 1. The minimum absolute atomic E-state index is 0.0271. The molecule has 0 aliphatic carbocycles. The van der Waals surface area contributed by atoms with Gasteiger partial charge in [0.25, 0.3) is 0 Å². The second-order valence-electron chi connectivity index (χ2n) is 3.95. The summed E-state index contributed by atoms with van der Waals surface area (Å²) >= 11 is 0. The quantitative estimate of drug-likeness (QED) is 0.551. The van der Waals surface area contributed by atoms with Crippen LogP contribution in [0.4, 0.5) is 0 Å². The zero-order chi connectivity index (χ0) is 13.4. The Bertz CT molecular complexity index is 305. The van der Waals surface area contributed by atoms with E-state index in [-0.39, 0.29) is 19.1 Å². The van der Waals surface area contributed by atoms with Crippen molar-refractivity contribution in [2.24, 2.45) is 0 Å². The van der Waals surface area contributed by atoms with Crippen molar-refractivity contribution in [3.63, 3.8) is 0 Å². The van der Waals surface area contributed by atoms with Gasteiger partial charge in [0, 0.05) is 13.0 Å². The first-order valence-corrected chi connectivity index (χ1v) is 6.04. The van der Waals surface area contributed by atoms with E-state index in [0.29, 0.717) is 13.0 Å². The van der Waals surface area contributed by atoms with Crippen LogP contribution in [-0.2, 0) is 19.1 Å². The number of amides is 1. The Hall–Kier alpha value is -1.40. The molecule has 0 bridgehead atoms. The Labute approximate surface area is 106 Å². The van der Waals surface area contributed by atoms with Crippen molar-refractivity contribution in [1.29, 1.82) is 0 Å². The maximum atomic E-state index is 11.9. The first kappa shape index (κ1) is 14.7. The highest BCUT2D eigenvalue weighted by Gasteiger charge is 2.32. The minimum Gasteiger partial charge on any atom is -0.432 e. The Morgan fingerprint density at radius 1 is 1.50 bits per heavy atom. The van der Waals surface area contributed by atoms with Gasteiger partial charge in [-0.15, -0.1) is 0 Å². The zero-order valence-electron chi connectivity index (χ0n) is 10.3. The molecule has 0 aromatic heterocycles. The molecule has 6 nitrogen and oxygen atoms in total. The molecular weight excluding hydrogens is 238 g/mol. The third kappa shape index (κ3) is 4.12. The summed E-state index contributed by atoms with van der Waals surface area (Å²) in [6.45, 7) is 3.50. The van der Waals surface area contributed by atoms with Crippen molar-refractivity contribution in [1.82, 2.24) is 4.90 Å². The van der Waals surface area contributed by atoms with Crippen LogP contribution in [0.5, 0.6) is 0 Å². The molecule has 1 unspecified atom stereocenters. The van der Waals surface area contributed by atoms with Crippen LogP contribution in [0, 0.1) is 0 Å². The lowest BCUT2D eigenvalue weighted by atomic mass is 10.2. The van der Waals surface area contributed by atoms with Crippen molar-refractivity contribution in [3.05, 3.63) is 12.8 Å². The number of nitrogens with zero attached hydrogens (tertiary/aromatic N) is 1. The predicted molar refractivity (Wildman–Crippen MR) is 63.3 cm³/mol. The zero-order valence-corrected chi connectivity index (χ0v) is 10.3. The van der Waals surface area contributed by atoms with Crippen LogP contribution in [-0.4, -0.2) is 47.9 Å². The first-order valence-electron chi connectivity index (χ1n) is 6.04. The number of ether oxygens (including phenoxy) is 2. The maximum Gasteiger partial charge on any atom is 0.361 e. The predicted octanol–water partition coefficient (Wildman–Crippen LogP) is 0.411. The Morgan fingerprint density at radius 3 is 2.94 bits per heavy atom. The molecule has 1 fully saturated rings. The fourth-order valence-electron chi connectivity index (χ4n) is 1.84. The molecule has 18 heavy (non-hydrogen) atoms. The number of hydrogen-bond acceptors (Lipinski definition) is 5. The fourth-order valence-corrected chi connectivity index (χ4v) is 1.84. The Kier molecular flexibility index (Phi) is 6.38. The molecule has 1 atom stereocenters. The van der Waals surface area contributed by atoms with Gasteiger partial charge in [0.1, 0.15) is 0 Å². The van der Waals surface area contributed by atoms with Crippen molar-refractivity contribution >= 4 is 11.9 Å². The van der Waals surface area contributed by atoms with Gasteiger partial charge in [0.15, 0.2) is 0 Å². The summed E-state index contributed by atoms with van der Waals surface area (Å²) in [6, 6.07) is 0. The number of carbonyl (C=O) groups is 2. The van der Waals surface area contributed by atoms with E-state index in [1.807, 2.05) is 0 Å². The lowest BCUT2D eigenvalue weighted by Gasteiger charge is -2.28. The van der Waals surface area contributed by atoms with E-state index in [2.05, 4.69) is 11.3 Å². The molecule has 1 rings (SSSR count). The highest BCUT2D eigenvalue weighted by atomic mass is 16.6. The van der Waals surface area contributed by atoms with Crippen LogP contribution in [0.25, 0.3) is 0 Å². The molecule has 0 radical (unpaired) electrons. The topological polar surface area (TPSA) is 76.1 Å². The number of aliphatic hydroxyl groups excluding tert-OH is 1. The summed E-state index contributed by atoms with van der Waals surface area (Å²) < 4.78 is 9.87. The summed E-state index contributed by atoms with van der Waals surface area (Å²) in [4.78, 5) is 25.0. The number of rotatable bonds is 6. The van der Waals surface area contributed by atoms with Crippen molar-refractivity contribution < 1.29 is 24.2 Å². The summed E-state index contributed by atoms with van der Waals surface area (Å²) in [7, 11) is 0. The molecule has 1 heterocycles. The van der Waals surface area contributed by atoms with Gasteiger partial charge in [-0.05, 0) is 12.8 Å². The molecule has 1 amide bonds. The van der Waals surface area contributed by atoms with Crippen LogP contribution in [0.3, 0.4) is 0 Å². The number of hydrogen-bond donors (Lipinski definition) is 1. The minimum atomic E-state index is -1.10. The van der Waals surface area contributed by atoms with Gasteiger partial charge in [0.2, 0.25) is 12.1 Å². The lowest BCUT2D eigenvalue weighted by Crippen LogP contribution is -2.47. The van der Waals surface area contributed by atoms with E-state index in [1.54, 1.807) is 0 Å². The van der Waals surface area contributed by atoms with E-state index in [1.165, 1.54) is 4.90 Å². The number of likely N-dealkylation sites (tertiary alicyclic amines) is 1. The van der Waals surface area contributed by atoms with Crippen molar-refractivity contribution in [2.45, 2.75) is 31.9 Å². The van der Waals surface area contributed by atoms with Gasteiger partial charge >= 0.3 is 5.97 Å². The maximum absolute atomic E-state index is 11.9. The average Bonchev–Trinajstić information content (AvgIpc) is 2.56. The second kappa shape index (κ2) is 7.84. The third-order valence-corrected chi connectivity index (χ3v) is 2.66. The standard InChI is InChI=1S/C12H19NO5/c1-2-17-12(16)11(18-9-8-14)13-7-5-3-4-6-10(13)15/h2,11,14H,1,3-9H2. The van der Waals surface area contributed by atoms with Gasteiger partial charge in [-0.3, -0.25) is 4.79 Å². The number of esters is 1. The molecular formula is C12H19NO5. The average molecular weight is 257 g/mol. The highest BCUT2D eigenvalue weighted by Crippen LogP contribution is 2.15. The molecule has 1 aliphatic rings. The van der Waals surface area contributed by atoms with Gasteiger partial charge in [-0.25, -0.2) is 4.79 Å². The Morgan fingerprint density at radius 2 is 2.28 bits per heavy atom. The van der Waals surface area contributed by atoms with E-state index >= 15 is 0 Å². The molecule has 0 aromatic carbocycles. The molecule has 1 N–H and O–H groups in total. The summed E-state index contributed by atoms with van der Waals surface area (Å²) in [5.41, 5.74) is 0.